The molecule has 0 radical (unpaired) electrons. The van der Waals surface area contributed by atoms with Crippen LogP contribution in [0.15, 0.2) is 72.8 Å². The van der Waals surface area contributed by atoms with Gasteiger partial charge in [0, 0.05) is 0 Å². The number of rotatable bonds is 5. The molecule has 0 aliphatic heterocycles. The third-order valence-electron chi connectivity index (χ3n) is 7.12. The van der Waals surface area contributed by atoms with E-state index in [0.29, 0.717) is 0 Å². The summed E-state index contributed by atoms with van der Waals surface area (Å²) in [7, 11) is 16.2. The first kappa shape index (κ1) is 22.6. The Balaban J connectivity index is 1.84. The Bertz CT molecular complexity index is 1320. The third kappa shape index (κ3) is 3.18. The molecule has 32 heavy (non-hydrogen) atoms. The fourth-order valence-corrected chi connectivity index (χ4v) is 31.9. The van der Waals surface area contributed by atoms with Crippen LogP contribution < -0.4 is 4.74 Å². The zero-order valence-corrected chi connectivity index (χ0v) is 23.2. The quantitative estimate of drug-likeness (QED) is 0.336. The Morgan fingerprint density at radius 1 is 0.906 bits per heavy atom. The normalized spacial score (nSPS) is 18.8. The van der Waals surface area contributed by atoms with Crippen molar-refractivity contribution in [3.63, 3.8) is 0 Å². The third-order valence-corrected chi connectivity index (χ3v) is 53.6. The van der Waals surface area contributed by atoms with E-state index in [4.69, 9.17) is 21.8 Å². The zero-order valence-electron chi connectivity index (χ0n) is 18.2. The van der Waals surface area contributed by atoms with Gasteiger partial charge in [0.05, 0.1) is 0 Å². The minimum absolute atomic E-state index is 0.0333. The van der Waals surface area contributed by atoms with Gasteiger partial charge >= 0.3 is 199 Å². The van der Waals surface area contributed by atoms with Gasteiger partial charge in [0.2, 0.25) is 0 Å². The molecule has 1 N–H and O–H groups in total. The predicted octanol–water partition coefficient (Wildman–Crippen LogP) is 7.14. The van der Waals surface area contributed by atoms with Gasteiger partial charge in [0.1, 0.15) is 0 Å². The molecular weight excluding hydrogens is 535 g/mol. The maximum atomic E-state index is 9.43. The van der Waals surface area contributed by atoms with Crippen LogP contribution in [0.25, 0.3) is 17.2 Å². The standard InChI is InChI=1S/C15H13O2.C9H7.C2H6Si.2ClH.Zr/c16-8-9-17-15-7-3-6-13-12-5-2-1-4-11(12)10-14(13)15;1-2-5-9-7-3-6-8(9)4-1;1-3-2;;;/h1-7,10,16H,8-9H2;1-7H;1-2H3;2*1H;/q;;;;;+2/p-2. The van der Waals surface area contributed by atoms with E-state index in [0.717, 1.165) is 16.9 Å². The van der Waals surface area contributed by atoms with Crippen LogP contribution >= 0.6 is 17.0 Å². The number of fused-ring (bicyclic) bond motifs is 4. The summed E-state index contributed by atoms with van der Waals surface area (Å²) in [4.78, 5) is 0. The first-order valence-electron chi connectivity index (χ1n) is 11.0. The second-order valence-corrected chi connectivity index (χ2v) is 47.8. The minimum atomic E-state index is -4.68. The van der Waals surface area contributed by atoms with Gasteiger partial charge in [0.25, 0.3) is 0 Å². The Labute approximate surface area is 197 Å². The summed E-state index contributed by atoms with van der Waals surface area (Å²) in [6.45, 7) is 4.80. The van der Waals surface area contributed by atoms with Crippen LogP contribution in [-0.2, 0) is 15.0 Å². The molecular formula is C26H26Cl2O2SiZr. The molecule has 0 saturated heterocycles. The number of hydrogen-bond acceptors (Lipinski definition) is 2. The van der Waals surface area contributed by atoms with Gasteiger partial charge in [-0.05, 0) is 0 Å². The molecule has 5 rings (SSSR count). The first-order valence-corrected chi connectivity index (χ1v) is 26.3. The van der Waals surface area contributed by atoms with Crippen LogP contribution in [0.4, 0.5) is 0 Å². The van der Waals surface area contributed by atoms with Crippen molar-refractivity contribution in [2.75, 3.05) is 13.2 Å². The van der Waals surface area contributed by atoms with Crippen LogP contribution in [0, 0.1) is 0 Å². The molecule has 0 aromatic heterocycles. The van der Waals surface area contributed by atoms with Crippen LogP contribution in [0.1, 0.15) is 29.5 Å². The van der Waals surface area contributed by atoms with E-state index >= 15 is 0 Å². The Morgan fingerprint density at radius 2 is 1.59 bits per heavy atom. The van der Waals surface area contributed by atoms with Crippen molar-refractivity contribution < 1.29 is 24.9 Å². The molecule has 2 atom stereocenters. The van der Waals surface area contributed by atoms with E-state index in [-0.39, 0.29) is 20.5 Å². The number of benzene rings is 3. The number of allylic oxidation sites excluding steroid dienone is 1. The summed E-state index contributed by atoms with van der Waals surface area (Å²) in [5.74, 6) is 0.790. The molecule has 2 aliphatic carbocycles. The molecule has 0 amide bonds. The Kier molecular flexibility index (Phi) is 5.83. The number of hydrogen-bond donors (Lipinski definition) is 1. The maximum absolute atomic E-state index is 9.43. The first-order chi connectivity index (χ1) is 15.4. The molecule has 3 aromatic rings. The van der Waals surface area contributed by atoms with Crippen molar-refractivity contribution in [1.29, 1.82) is 0 Å². The monoisotopic (exact) mass is 558 g/mol. The Hall–Kier alpha value is -1.16. The summed E-state index contributed by atoms with van der Waals surface area (Å²) >= 11 is -4.68. The van der Waals surface area contributed by atoms with Gasteiger partial charge < -0.3 is 0 Å². The second-order valence-electron chi connectivity index (χ2n) is 8.93. The SMILES string of the molecule is C[Si](C)=[Zr]([Cl])([Cl])([CH]1C=Cc2ccccc21)[CH]1c2ccccc2-c2cccc(OCCO)c21. The van der Waals surface area contributed by atoms with Crippen molar-refractivity contribution in [3.05, 3.63) is 95.1 Å². The zero-order chi connectivity index (χ0) is 22.5. The van der Waals surface area contributed by atoms with Crippen molar-refractivity contribution in [2.24, 2.45) is 0 Å². The van der Waals surface area contributed by atoms with Crippen LogP contribution in [0.2, 0.25) is 13.1 Å². The average molecular weight is 561 g/mol. The van der Waals surface area contributed by atoms with Gasteiger partial charge in [0.15, 0.2) is 0 Å². The van der Waals surface area contributed by atoms with E-state index < -0.39 is 20.4 Å². The van der Waals surface area contributed by atoms with Crippen LogP contribution in [0.3, 0.4) is 0 Å². The number of ether oxygens (including phenoxy) is 1. The molecule has 3 aromatic carbocycles. The summed E-state index contributed by atoms with van der Waals surface area (Å²) in [5.41, 5.74) is 6.05. The fourth-order valence-electron chi connectivity index (χ4n) is 5.55. The van der Waals surface area contributed by atoms with Gasteiger partial charge in [-0.1, -0.05) is 0 Å². The van der Waals surface area contributed by atoms with Crippen molar-refractivity contribution >= 4 is 28.5 Å². The molecule has 164 valence electrons. The number of aliphatic hydroxyl groups is 1. The summed E-state index contributed by atoms with van der Waals surface area (Å²) in [6.07, 6.45) is 4.46. The summed E-state index contributed by atoms with van der Waals surface area (Å²) in [5, 5.41) is 9.43. The fraction of sp³-hybridized carbons (Fsp3) is 0.231. The molecule has 0 saturated carbocycles. The average Bonchev–Trinajstić information content (AvgIpc) is 3.38. The van der Waals surface area contributed by atoms with E-state index in [1.165, 1.54) is 22.3 Å². The Morgan fingerprint density at radius 3 is 2.34 bits per heavy atom. The molecule has 2 aliphatic rings. The number of aliphatic hydroxyl groups excluding tert-OH is 1. The molecule has 0 spiro atoms. The van der Waals surface area contributed by atoms with Gasteiger partial charge in [-0.25, -0.2) is 0 Å². The van der Waals surface area contributed by atoms with E-state index in [1.807, 2.05) is 12.1 Å². The van der Waals surface area contributed by atoms with E-state index in [2.05, 4.69) is 79.8 Å². The molecule has 2 nitrogen and oxygen atoms in total. The molecule has 0 heterocycles. The van der Waals surface area contributed by atoms with Gasteiger partial charge in [-0.3, -0.25) is 0 Å². The molecule has 0 fully saturated rings. The number of halogens is 2. The van der Waals surface area contributed by atoms with Crippen LogP contribution in [-0.4, -0.2) is 23.8 Å². The van der Waals surface area contributed by atoms with E-state index in [1.54, 1.807) is 0 Å². The van der Waals surface area contributed by atoms with Crippen molar-refractivity contribution in [2.45, 2.75) is 20.3 Å². The van der Waals surface area contributed by atoms with Crippen molar-refractivity contribution in [3.8, 4) is 16.9 Å². The molecule has 0 bridgehead atoms. The molecule has 6 heteroatoms. The molecule has 2 unspecified atom stereocenters. The van der Waals surface area contributed by atoms with Gasteiger partial charge in [-0.15, -0.1) is 0 Å². The summed E-state index contributed by atoms with van der Waals surface area (Å²) < 4.78 is 6.06. The summed E-state index contributed by atoms with van der Waals surface area (Å²) in [6, 6.07) is 23.2. The predicted molar refractivity (Wildman–Crippen MR) is 134 cm³/mol. The van der Waals surface area contributed by atoms with Gasteiger partial charge in [-0.2, -0.15) is 0 Å². The topological polar surface area (TPSA) is 29.5 Å². The van der Waals surface area contributed by atoms with Crippen LogP contribution in [0.5, 0.6) is 5.75 Å². The van der Waals surface area contributed by atoms with E-state index in [9.17, 15) is 5.11 Å². The second kappa shape index (κ2) is 8.25. The van der Waals surface area contributed by atoms with Crippen molar-refractivity contribution in [1.82, 2.24) is 0 Å².